The second-order valence-electron chi connectivity index (χ2n) is 4.27. The average Bonchev–Trinajstić information content (AvgIpc) is 2.81. The zero-order valence-electron chi connectivity index (χ0n) is 11.5. The molecule has 2 N–H and O–H groups in total. The van der Waals surface area contributed by atoms with Gasteiger partial charge in [-0.25, -0.2) is 17.5 Å². The lowest BCUT2D eigenvalue weighted by Gasteiger charge is -2.17. The van der Waals surface area contributed by atoms with Gasteiger partial charge in [-0.05, 0) is 13.0 Å². The van der Waals surface area contributed by atoms with Crippen LogP contribution in [0.2, 0.25) is 0 Å². The van der Waals surface area contributed by atoms with Gasteiger partial charge < -0.3 is 14.9 Å². The lowest BCUT2D eigenvalue weighted by molar-refractivity contribution is 0.0685. The number of rotatable bonds is 9. The average molecular weight is 305 g/mol. The molecule has 0 aliphatic heterocycles. The monoisotopic (exact) mass is 305 g/mol. The number of sulfonamides is 1. The number of hydrogen-bond donors (Lipinski definition) is 2. The normalized spacial score (nSPS) is 11.9. The maximum absolute atomic E-state index is 11.3. The van der Waals surface area contributed by atoms with E-state index in [1.165, 1.54) is 16.6 Å². The molecule has 1 aromatic heterocycles. The maximum atomic E-state index is 11.3. The van der Waals surface area contributed by atoms with Crippen LogP contribution in [0.25, 0.3) is 0 Å². The number of hydrogen-bond acceptors (Lipinski definition) is 6. The third-order valence-electron chi connectivity index (χ3n) is 2.66. The summed E-state index contributed by atoms with van der Waals surface area (Å²) in [6, 6.07) is 1.35. The molecule has 0 aromatic carbocycles. The summed E-state index contributed by atoms with van der Waals surface area (Å²) in [5, 5.41) is 15.1. The first-order chi connectivity index (χ1) is 9.34. The van der Waals surface area contributed by atoms with E-state index in [1.54, 1.807) is 6.92 Å². The van der Waals surface area contributed by atoms with Crippen molar-refractivity contribution >= 4 is 16.0 Å². The molecule has 20 heavy (non-hydrogen) atoms. The summed E-state index contributed by atoms with van der Waals surface area (Å²) in [6.45, 7) is 3.62. The van der Waals surface area contributed by atoms with Gasteiger partial charge in [-0.3, -0.25) is 0 Å². The first-order valence-corrected chi connectivity index (χ1v) is 8.04. The van der Waals surface area contributed by atoms with E-state index in [-0.39, 0.29) is 5.69 Å². The van der Waals surface area contributed by atoms with Gasteiger partial charge >= 0.3 is 5.97 Å². The molecule has 0 saturated carbocycles. The Kier molecular flexibility index (Phi) is 6.11. The van der Waals surface area contributed by atoms with Crippen LogP contribution in [0.5, 0.6) is 0 Å². The van der Waals surface area contributed by atoms with Crippen molar-refractivity contribution < 1.29 is 22.8 Å². The highest BCUT2D eigenvalue weighted by molar-refractivity contribution is 7.88. The molecule has 1 rings (SSSR count). The van der Waals surface area contributed by atoms with Gasteiger partial charge in [0.2, 0.25) is 10.0 Å². The van der Waals surface area contributed by atoms with Gasteiger partial charge in [-0.1, -0.05) is 12.1 Å². The summed E-state index contributed by atoms with van der Waals surface area (Å²) in [5.74, 6) is -0.704. The van der Waals surface area contributed by atoms with E-state index in [2.05, 4.69) is 10.5 Å². The molecule has 0 saturated heterocycles. The molecule has 8 nitrogen and oxygen atoms in total. The highest BCUT2D eigenvalue weighted by atomic mass is 32.2. The van der Waals surface area contributed by atoms with Gasteiger partial charge in [-0.2, -0.15) is 0 Å². The van der Waals surface area contributed by atoms with Crippen molar-refractivity contribution in [2.75, 3.05) is 25.9 Å². The van der Waals surface area contributed by atoms with Crippen LogP contribution in [0.1, 0.15) is 29.6 Å². The first-order valence-electron chi connectivity index (χ1n) is 6.19. The molecular weight excluding hydrogens is 286 g/mol. The van der Waals surface area contributed by atoms with E-state index in [0.29, 0.717) is 38.4 Å². The van der Waals surface area contributed by atoms with E-state index in [1.807, 2.05) is 0 Å². The van der Waals surface area contributed by atoms with Crippen molar-refractivity contribution in [3.63, 3.8) is 0 Å². The predicted molar refractivity (Wildman–Crippen MR) is 71.9 cm³/mol. The lowest BCUT2D eigenvalue weighted by atomic mass is 10.3. The van der Waals surface area contributed by atoms with Crippen molar-refractivity contribution in [3.8, 4) is 0 Å². The van der Waals surface area contributed by atoms with Crippen LogP contribution in [0.4, 0.5) is 0 Å². The van der Waals surface area contributed by atoms with Crippen molar-refractivity contribution in [1.29, 1.82) is 0 Å². The number of carboxylic acid groups (broad SMARTS) is 1. The fourth-order valence-corrected chi connectivity index (χ4v) is 2.58. The number of aromatic carboxylic acids is 1. The smallest absolute Gasteiger partial charge is 0.358 e. The molecule has 0 amide bonds. The van der Waals surface area contributed by atoms with E-state index in [4.69, 9.17) is 9.63 Å². The predicted octanol–water partition coefficient (Wildman–Crippen LogP) is 0.134. The molecule has 0 radical (unpaired) electrons. The molecule has 1 aromatic rings. The van der Waals surface area contributed by atoms with Gasteiger partial charge in [0, 0.05) is 19.2 Å². The molecule has 0 bridgehead atoms. The Morgan fingerprint density at radius 3 is 2.75 bits per heavy atom. The molecule has 9 heteroatoms. The highest BCUT2D eigenvalue weighted by Crippen LogP contribution is 2.03. The van der Waals surface area contributed by atoms with Crippen LogP contribution in [-0.2, 0) is 16.6 Å². The van der Waals surface area contributed by atoms with Crippen molar-refractivity contribution in [2.24, 2.45) is 0 Å². The molecular formula is C11H19N3O5S. The Labute approximate surface area is 117 Å². The summed E-state index contributed by atoms with van der Waals surface area (Å²) >= 11 is 0. The fraction of sp³-hybridized carbons (Fsp3) is 0.636. The number of carbonyl (C=O) groups is 1. The van der Waals surface area contributed by atoms with E-state index < -0.39 is 16.0 Å². The molecule has 0 aliphatic rings. The van der Waals surface area contributed by atoms with Crippen LogP contribution in [-0.4, -0.2) is 54.8 Å². The number of nitrogens with one attached hydrogen (secondary N) is 1. The van der Waals surface area contributed by atoms with Crippen LogP contribution in [0.15, 0.2) is 10.6 Å². The standard InChI is InChI=1S/C11H19N3O5S/c1-3-14(20(2,17)18)6-4-5-12-8-9-7-10(11(15)16)13-19-9/h7,12H,3-6,8H2,1-2H3,(H,15,16). The topological polar surface area (TPSA) is 113 Å². The van der Waals surface area contributed by atoms with Crippen molar-refractivity contribution in [2.45, 2.75) is 19.9 Å². The SMILES string of the molecule is CCN(CCCNCc1cc(C(=O)O)no1)S(C)(=O)=O. The Bertz CT molecular complexity index is 540. The summed E-state index contributed by atoms with van der Waals surface area (Å²) in [5.41, 5.74) is -0.129. The molecule has 0 fully saturated rings. The minimum Gasteiger partial charge on any atom is -0.476 e. The summed E-state index contributed by atoms with van der Waals surface area (Å²) < 4.78 is 28.9. The molecule has 0 atom stereocenters. The second-order valence-corrected chi connectivity index (χ2v) is 6.25. The van der Waals surface area contributed by atoms with E-state index >= 15 is 0 Å². The second kappa shape index (κ2) is 7.36. The minimum absolute atomic E-state index is 0.129. The number of carboxylic acids is 1. The fourth-order valence-electron chi connectivity index (χ4n) is 1.65. The zero-order chi connectivity index (χ0) is 15.2. The van der Waals surface area contributed by atoms with Gasteiger partial charge in [0.1, 0.15) is 0 Å². The zero-order valence-corrected chi connectivity index (χ0v) is 12.3. The highest BCUT2D eigenvalue weighted by Gasteiger charge is 2.13. The number of aromatic nitrogens is 1. The molecule has 0 spiro atoms. The number of nitrogens with zero attached hydrogens (tertiary/aromatic N) is 2. The van der Waals surface area contributed by atoms with Crippen LogP contribution >= 0.6 is 0 Å². The van der Waals surface area contributed by atoms with Crippen molar-refractivity contribution in [3.05, 3.63) is 17.5 Å². The quantitative estimate of drug-likeness (QED) is 0.624. The molecule has 114 valence electrons. The largest absolute Gasteiger partial charge is 0.476 e. The summed E-state index contributed by atoms with van der Waals surface area (Å²) in [6.07, 6.45) is 1.84. The lowest BCUT2D eigenvalue weighted by Crippen LogP contribution is -2.32. The molecule has 0 unspecified atom stereocenters. The third kappa shape index (κ3) is 5.27. The first kappa shape index (κ1) is 16.6. The minimum atomic E-state index is -3.15. The summed E-state index contributed by atoms with van der Waals surface area (Å²) in [4.78, 5) is 10.6. The van der Waals surface area contributed by atoms with Crippen LogP contribution in [0.3, 0.4) is 0 Å². The third-order valence-corrected chi connectivity index (χ3v) is 4.04. The van der Waals surface area contributed by atoms with Gasteiger partial charge in [0.25, 0.3) is 0 Å². The Balaban J connectivity index is 2.26. The van der Waals surface area contributed by atoms with Crippen molar-refractivity contribution in [1.82, 2.24) is 14.8 Å². The van der Waals surface area contributed by atoms with Gasteiger partial charge in [0.15, 0.2) is 11.5 Å². The van der Waals surface area contributed by atoms with Gasteiger partial charge in [-0.15, -0.1) is 0 Å². The van der Waals surface area contributed by atoms with Crippen LogP contribution in [0, 0.1) is 0 Å². The maximum Gasteiger partial charge on any atom is 0.358 e. The Morgan fingerprint density at radius 1 is 1.55 bits per heavy atom. The van der Waals surface area contributed by atoms with E-state index in [0.717, 1.165) is 0 Å². The molecule has 1 heterocycles. The molecule has 0 aliphatic carbocycles. The van der Waals surface area contributed by atoms with Gasteiger partial charge in [0.05, 0.1) is 12.8 Å². The Hall–Kier alpha value is -1.45. The van der Waals surface area contributed by atoms with Crippen LogP contribution < -0.4 is 5.32 Å². The summed E-state index contributed by atoms with van der Waals surface area (Å²) in [7, 11) is -3.15. The van der Waals surface area contributed by atoms with E-state index in [9.17, 15) is 13.2 Å². The Morgan fingerprint density at radius 2 is 2.25 bits per heavy atom.